The van der Waals surface area contributed by atoms with Crippen molar-refractivity contribution < 1.29 is 18.0 Å². The number of alkyl halides is 3. The number of nitrogens with one attached hydrogen (secondary N) is 1. The molecule has 7 rings (SSSR count). The van der Waals surface area contributed by atoms with Gasteiger partial charge in [0, 0.05) is 18.2 Å². The van der Waals surface area contributed by atoms with Crippen molar-refractivity contribution >= 4 is 11.6 Å². The smallest absolute Gasteiger partial charge is 0.351 e. The summed E-state index contributed by atoms with van der Waals surface area (Å²) >= 11 is 0. The average molecular weight is 418 g/mol. The van der Waals surface area contributed by atoms with Crippen LogP contribution < -0.4 is 5.32 Å². The second kappa shape index (κ2) is 6.20. The SMILES string of the molecule is O=C(NCC12CC3CC(CC(C3)C1)C2)c1cnn2c(C(F)(F)F)cc(C3CC3)nc12. The van der Waals surface area contributed by atoms with Crippen LogP contribution in [0.2, 0.25) is 0 Å². The molecule has 0 unspecified atom stereocenters. The molecule has 2 aromatic rings. The molecule has 2 heterocycles. The van der Waals surface area contributed by atoms with E-state index in [1.165, 1.54) is 25.5 Å². The van der Waals surface area contributed by atoms with Crippen LogP contribution in [0.1, 0.15) is 79.0 Å². The van der Waals surface area contributed by atoms with Crippen LogP contribution in [-0.4, -0.2) is 27.0 Å². The van der Waals surface area contributed by atoms with Gasteiger partial charge in [0.2, 0.25) is 0 Å². The number of hydrogen-bond donors (Lipinski definition) is 1. The molecule has 0 aliphatic heterocycles. The molecule has 5 fully saturated rings. The van der Waals surface area contributed by atoms with Crippen LogP contribution in [0.4, 0.5) is 13.2 Å². The van der Waals surface area contributed by atoms with Crippen LogP contribution in [0.3, 0.4) is 0 Å². The molecule has 0 radical (unpaired) electrons. The number of amides is 1. The minimum absolute atomic E-state index is 0.00902. The Bertz CT molecular complexity index is 988. The summed E-state index contributed by atoms with van der Waals surface area (Å²) in [6.07, 6.45) is 5.82. The van der Waals surface area contributed by atoms with Crippen LogP contribution in [-0.2, 0) is 6.18 Å². The summed E-state index contributed by atoms with van der Waals surface area (Å²) in [7, 11) is 0. The van der Waals surface area contributed by atoms with E-state index in [-0.39, 0.29) is 28.5 Å². The third-order valence-corrected chi connectivity index (χ3v) is 7.81. The average Bonchev–Trinajstić information content (AvgIpc) is 3.43. The van der Waals surface area contributed by atoms with Gasteiger partial charge in [-0.1, -0.05) is 0 Å². The van der Waals surface area contributed by atoms with Gasteiger partial charge in [0.1, 0.15) is 11.3 Å². The van der Waals surface area contributed by atoms with Gasteiger partial charge in [-0.2, -0.15) is 18.3 Å². The number of carbonyl (C=O) groups is 1. The third-order valence-electron chi connectivity index (χ3n) is 7.81. The van der Waals surface area contributed by atoms with Crippen molar-refractivity contribution in [2.24, 2.45) is 23.2 Å². The molecule has 2 aromatic heterocycles. The lowest BCUT2D eigenvalue weighted by molar-refractivity contribution is -0.142. The second-order valence-corrected chi connectivity index (χ2v) is 10.2. The van der Waals surface area contributed by atoms with E-state index in [1.807, 2.05) is 0 Å². The molecular formula is C22H25F3N4O. The zero-order valence-corrected chi connectivity index (χ0v) is 16.7. The van der Waals surface area contributed by atoms with Crippen molar-refractivity contribution in [2.45, 2.75) is 63.5 Å². The largest absolute Gasteiger partial charge is 0.433 e. The van der Waals surface area contributed by atoms with Crippen LogP contribution >= 0.6 is 0 Å². The van der Waals surface area contributed by atoms with Crippen LogP contribution in [0, 0.1) is 23.2 Å². The Labute approximate surface area is 172 Å². The number of carbonyl (C=O) groups excluding carboxylic acids is 1. The number of nitrogens with zero attached hydrogens (tertiary/aromatic N) is 3. The molecule has 0 spiro atoms. The van der Waals surface area contributed by atoms with Gasteiger partial charge < -0.3 is 5.32 Å². The summed E-state index contributed by atoms with van der Waals surface area (Å²) in [4.78, 5) is 17.4. The van der Waals surface area contributed by atoms with Gasteiger partial charge in [0.25, 0.3) is 5.91 Å². The molecule has 30 heavy (non-hydrogen) atoms. The fourth-order valence-corrected chi connectivity index (χ4v) is 6.80. The Kier molecular flexibility index (Phi) is 3.85. The predicted octanol–water partition coefficient (Wildman–Crippen LogP) is 4.57. The molecule has 5 nitrogen and oxygen atoms in total. The number of rotatable bonds is 4. The number of halogens is 3. The highest BCUT2D eigenvalue weighted by Crippen LogP contribution is 2.59. The van der Waals surface area contributed by atoms with Crippen molar-refractivity contribution in [1.82, 2.24) is 19.9 Å². The van der Waals surface area contributed by atoms with Crippen molar-refractivity contribution in [2.75, 3.05) is 6.54 Å². The number of fused-ring (bicyclic) bond motifs is 1. The van der Waals surface area contributed by atoms with Gasteiger partial charge in [0.05, 0.1) is 6.20 Å². The van der Waals surface area contributed by atoms with Gasteiger partial charge in [-0.15, -0.1) is 0 Å². The highest BCUT2D eigenvalue weighted by Gasteiger charge is 2.50. The maximum absolute atomic E-state index is 13.6. The molecule has 8 heteroatoms. The van der Waals surface area contributed by atoms with Crippen LogP contribution in [0.15, 0.2) is 12.3 Å². The number of hydrogen-bond acceptors (Lipinski definition) is 3. The first-order valence-corrected chi connectivity index (χ1v) is 11.0. The molecule has 5 aliphatic carbocycles. The summed E-state index contributed by atoms with van der Waals surface area (Å²) in [5, 5.41) is 6.92. The Balaban J connectivity index is 1.28. The first kappa shape index (κ1) is 18.6. The molecule has 5 aliphatic rings. The quantitative estimate of drug-likeness (QED) is 0.791. The Morgan fingerprint density at radius 1 is 1.13 bits per heavy atom. The molecular weight excluding hydrogens is 393 g/mol. The summed E-state index contributed by atoms with van der Waals surface area (Å²) in [6, 6.07) is 1.08. The molecule has 1 N–H and O–H groups in total. The van der Waals surface area contributed by atoms with E-state index < -0.39 is 11.9 Å². The van der Waals surface area contributed by atoms with Crippen LogP contribution in [0.5, 0.6) is 0 Å². The van der Waals surface area contributed by atoms with Crippen LogP contribution in [0.25, 0.3) is 5.65 Å². The molecule has 5 saturated carbocycles. The van der Waals surface area contributed by atoms with Gasteiger partial charge in [-0.3, -0.25) is 4.79 Å². The minimum Gasteiger partial charge on any atom is -0.351 e. The van der Waals surface area contributed by atoms with Crippen molar-refractivity contribution in [1.29, 1.82) is 0 Å². The van der Waals surface area contributed by atoms with Gasteiger partial charge in [0.15, 0.2) is 5.65 Å². The van der Waals surface area contributed by atoms with Gasteiger partial charge >= 0.3 is 6.18 Å². The summed E-state index contributed by atoms with van der Waals surface area (Å²) in [5.74, 6) is 2.02. The van der Waals surface area contributed by atoms with E-state index in [0.717, 1.165) is 60.4 Å². The highest BCUT2D eigenvalue weighted by atomic mass is 19.4. The highest BCUT2D eigenvalue weighted by molar-refractivity contribution is 5.99. The molecule has 4 bridgehead atoms. The van der Waals surface area contributed by atoms with Crippen molar-refractivity contribution in [3.05, 3.63) is 29.2 Å². The van der Waals surface area contributed by atoms with E-state index in [9.17, 15) is 18.0 Å². The maximum atomic E-state index is 13.6. The summed E-state index contributed by atoms with van der Waals surface area (Å²) in [5.41, 5.74) is -0.153. The molecule has 0 saturated heterocycles. The predicted molar refractivity (Wildman–Crippen MR) is 103 cm³/mol. The normalized spacial score (nSPS) is 32.7. The Morgan fingerprint density at radius 3 is 2.33 bits per heavy atom. The fraction of sp³-hybridized carbons (Fsp3) is 0.682. The maximum Gasteiger partial charge on any atom is 0.433 e. The van der Waals surface area contributed by atoms with E-state index >= 15 is 0 Å². The Morgan fingerprint density at radius 2 is 1.77 bits per heavy atom. The Hall–Kier alpha value is -2.12. The molecule has 0 atom stereocenters. The van der Waals surface area contributed by atoms with Gasteiger partial charge in [-0.05, 0) is 80.6 Å². The van der Waals surface area contributed by atoms with E-state index in [1.54, 1.807) is 0 Å². The minimum atomic E-state index is -4.55. The summed E-state index contributed by atoms with van der Waals surface area (Å²) in [6.45, 7) is 0.598. The lowest BCUT2D eigenvalue weighted by Crippen LogP contribution is -2.51. The van der Waals surface area contributed by atoms with E-state index in [2.05, 4.69) is 15.4 Å². The fourth-order valence-electron chi connectivity index (χ4n) is 6.80. The zero-order chi connectivity index (χ0) is 20.7. The summed E-state index contributed by atoms with van der Waals surface area (Å²) < 4.78 is 41.5. The monoisotopic (exact) mass is 418 g/mol. The topological polar surface area (TPSA) is 59.3 Å². The lowest BCUT2D eigenvalue weighted by atomic mass is 9.49. The second-order valence-electron chi connectivity index (χ2n) is 10.2. The first-order valence-electron chi connectivity index (χ1n) is 11.0. The van der Waals surface area contributed by atoms with Crippen molar-refractivity contribution in [3.63, 3.8) is 0 Å². The first-order chi connectivity index (χ1) is 14.3. The number of aromatic nitrogens is 3. The third kappa shape index (κ3) is 3.02. The molecule has 160 valence electrons. The van der Waals surface area contributed by atoms with E-state index in [0.29, 0.717) is 12.2 Å². The van der Waals surface area contributed by atoms with Crippen molar-refractivity contribution in [3.8, 4) is 0 Å². The standard InChI is InChI=1S/C22H25F3N4O/c23-22(24,25)18-6-17(15-1-2-15)28-19-16(10-27-29(18)19)20(30)26-11-21-7-12-3-13(8-21)5-14(4-12)9-21/h6,10,12-15H,1-5,7-9,11H2,(H,26,30). The van der Waals surface area contributed by atoms with E-state index in [4.69, 9.17) is 0 Å². The molecule has 1 amide bonds. The van der Waals surface area contributed by atoms with Gasteiger partial charge in [-0.25, -0.2) is 9.50 Å². The zero-order valence-electron chi connectivity index (χ0n) is 16.7. The molecule has 0 aromatic carbocycles. The lowest BCUT2D eigenvalue weighted by Gasteiger charge is -2.56.